The fourth-order valence-corrected chi connectivity index (χ4v) is 3.34. The fourth-order valence-electron chi connectivity index (χ4n) is 2.26. The van der Waals surface area contributed by atoms with Crippen LogP contribution in [0.25, 0.3) is 20.4 Å². The van der Waals surface area contributed by atoms with E-state index in [9.17, 15) is 5.11 Å². The Morgan fingerprint density at radius 2 is 2.14 bits per heavy atom. The molecule has 116 valence electrons. The lowest BCUT2D eigenvalue weighted by molar-refractivity contribution is 0.105. The van der Waals surface area contributed by atoms with Crippen LogP contribution in [0, 0.1) is 0 Å². The molecule has 0 spiro atoms. The molecule has 1 atom stereocenters. The summed E-state index contributed by atoms with van der Waals surface area (Å²) in [4.78, 5) is 16.0. The maximum atomic E-state index is 9.48. The van der Waals surface area contributed by atoms with Crippen LogP contribution in [0.1, 0.15) is 0 Å². The van der Waals surface area contributed by atoms with Crippen molar-refractivity contribution in [1.29, 1.82) is 0 Å². The van der Waals surface area contributed by atoms with Gasteiger partial charge in [-0.25, -0.2) is 15.0 Å². The van der Waals surface area contributed by atoms with Gasteiger partial charge in [0, 0.05) is 26.8 Å². The highest BCUT2D eigenvalue weighted by Crippen LogP contribution is 2.38. The molecule has 7 nitrogen and oxygen atoms in total. The summed E-state index contributed by atoms with van der Waals surface area (Å²) >= 11 is 1.51. The highest BCUT2D eigenvalue weighted by atomic mass is 32.1. The molecule has 0 amide bonds. The van der Waals surface area contributed by atoms with E-state index >= 15 is 0 Å². The number of aromatic nitrogens is 3. The van der Waals surface area contributed by atoms with Crippen LogP contribution in [0.2, 0.25) is 0 Å². The van der Waals surface area contributed by atoms with Gasteiger partial charge in [0.05, 0.1) is 34.0 Å². The van der Waals surface area contributed by atoms with E-state index in [1.165, 1.54) is 17.7 Å². The first-order chi connectivity index (χ1) is 10.6. The predicted molar refractivity (Wildman–Crippen MR) is 88.6 cm³/mol. The number of anilines is 2. The lowest BCUT2D eigenvalue weighted by Crippen LogP contribution is -2.23. The molecule has 0 aliphatic heterocycles. The van der Waals surface area contributed by atoms with Crippen molar-refractivity contribution in [2.45, 2.75) is 6.10 Å². The molecule has 0 aliphatic carbocycles. The Kier molecular flexibility index (Phi) is 4.06. The summed E-state index contributed by atoms with van der Waals surface area (Å²) in [7, 11) is 3.96. The Bertz CT molecular complexity index is 804. The van der Waals surface area contributed by atoms with Crippen LogP contribution in [-0.2, 0) is 0 Å². The maximum absolute atomic E-state index is 9.48. The third kappa shape index (κ3) is 2.56. The SMILES string of the molecule is CN(C)c1ccnc2sc3c(NC[C@@H](O)CO)ncnc3c12. The number of nitrogens with zero attached hydrogens (tertiary/aromatic N) is 4. The number of thiophene rings is 1. The number of rotatable bonds is 5. The average molecular weight is 319 g/mol. The summed E-state index contributed by atoms with van der Waals surface area (Å²) in [5, 5.41) is 22.4. The Hall–Kier alpha value is -2.03. The van der Waals surface area contributed by atoms with Gasteiger partial charge in [-0.1, -0.05) is 0 Å². The van der Waals surface area contributed by atoms with Crippen LogP contribution >= 0.6 is 11.3 Å². The van der Waals surface area contributed by atoms with Gasteiger partial charge in [-0.15, -0.1) is 11.3 Å². The van der Waals surface area contributed by atoms with Crippen molar-refractivity contribution >= 4 is 43.3 Å². The van der Waals surface area contributed by atoms with E-state index in [-0.39, 0.29) is 13.2 Å². The number of hydrogen-bond acceptors (Lipinski definition) is 8. The Morgan fingerprint density at radius 1 is 1.32 bits per heavy atom. The third-order valence-corrected chi connectivity index (χ3v) is 4.42. The van der Waals surface area contributed by atoms with Crippen LogP contribution in [-0.4, -0.2) is 58.5 Å². The first-order valence-corrected chi connectivity index (χ1v) is 7.65. The van der Waals surface area contributed by atoms with E-state index in [0.29, 0.717) is 5.82 Å². The van der Waals surface area contributed by atoms with Crippen molar-refractivity contribution in [2.24, 2.45) is 0 Å². The number of fused-ring (bicyclic) bond motifs is 3. The van der Waals surface area contributed by atoms with Crippen molar-refractivity contribution in [3.05, 3.63) is 18.6 Å². The number of aliphatic hydroxyl groups is 2. The molecular weight excluding hydrogens is 302 g/mol. The zero-order valence-electron chi connectivity index (χ0n) is 12.3. The first-order valence-electron chi connectivity index (χ1n) is 6.84. The van der Waals surface area contributed by atoms with Crippen LogP contribution in [0.4, 0.5) is 11.5 Å². The van der Waals surface area contributed by atoms with Crippen LogP contribution < -0.4 is 10.2 Å². The summed E-state index contributed by atoms with van der Waals surface area (Å²) in [5.74, 6) is 0.644. The predicted octanol–water partition coefficient (Wildman–Crippen LogP) is 1.07. The van der Waals surface area contributed by atoms with Crippen LogP contribution in [0.5, 0.6) is 0 Å². The Morgan fingerprint density at radius 3 is 2.86 bits per heavy atom. The van der Waals surface area contributed by atoms with Gasteiger partial charge in [0.15, 0.2) is 0 Å². The van der Waals surface area contributed by atoms with E-state index < -0.39 is 6.10 Å². The summed E-state index contributed by atoms with van der Waals surface area (Å²) in [6.45, 7) is -0.0647. The molecule has 3 heterocycles. The molecule has 8 heteroatoms. The highest BCUT2D eigenvalue weighted by molar-refractivity contribution is 7.26. The van der Waals surface area contributed by atoms with Crippen molar-refractivity contribution in [3.63, 3.8) is 0 Å². The van der Waals surface area contributed by atoms with Crippen molar-refractivity contribution in [3.8, 4) is 0 Å². The Labute approximate surface area is 131 Å². The molecule has 22 heavy (non-hydrogen) atoms. The Balaban J connectivity index is 2.13. The van der Waals surface area contributed by atoms with E-state index in [2.05, 4.69) is 20.3 Å². The van der Waals surface area contributed by atoms with Crippen LogP contribution in [0.15, 0.2) is 18.6 Å². The van der Waals surface area contributed by atoms with E-state index in [4.69, 9.17) is 5.11 Å². The van der Waals surface area contributed by atoms with Gasteiger partial charge in [-0.05, 0) is 6.07 Å². The quantitative estimate of drug-likeness (QED) is 0.647. The number of nitrogens with one attached hydrogen (secondary N) is 1. The smallest absolute Gasteiger partial charge is 0.147 e. The van der Waals surface area contributed by atoms with Crippen molar-refractivity contribution in [2.75, 3.05) is 37.5 Å². The molecule has 0 saturated heterocycles. The van der Waals surface area contributed by atoms with Crippen molar-refractivity contribution < 1.29 is 10.2 Å². The summed E-state index contributed by atoms with van der Waals surface area (Å²) in [6.07, 6.45) is 2.45. The van der Waals surface area contributed by atoms with Gasteiger partial charge in [0.1, 0.15) is 17.0 Å². The zero-order chi connectivity index (χ0) is 15.7. The van der Waals surface area contributed by atoms with Gasteiger partial charge >= 0.3 is 0 Å². The summed E-state index contributed by atoms with van der Waals surface area (Å²) < 4.78 is 0.893. The van der Waals surface area contributed by atoms with Gasteiger partial charge in [0.25, 0.3) is 0 Å². The van der Waals surface area contributed by atoms with Crippen molar-refractivity contribution in [1.82, 2.24) is 15.0 Å². The minimum absolute atomic E-state index is 0.227. The summed E-state index contributed by atoms with van der Waals surface area (Å²) in [6, 6.07) is 1.96. The molecule has 0 fully saturated rings. The average Bonchev–Trinajstić information content (AvgIpc) is 2.91. The molecule has 0 aromatic carbocycles. The van der Waals surface area contributed by atoms with Gasteiger partial charge in [-0.2, -0.15) is 0 Å². The monoisotopic (exact) mass is 319 g/mol. The lowest BCUT2D eigenvalue weighted by Gasteiger charge is -2.13. The first kappa shape index (κ1) is 14.9. The third-order valence-electron chi connectivity index (χ3n) is 3.33. The molecule has 0 saturated carbocycles. The molecular formula is C14H17N5O2S. The van der Waals surface area contributed by atoms with E-state index in [1.54, 1.807) is 6.20 Å². The maximum Gasteiger partial charge on any atom is 0.147 e. The molecule has 3 N–H and O–H groups in total. The second kappa shape index (κ2) is 5.99. The van der Waals surface area contributed by atoms with E-state index in [1.807, 2.05) is 25.1 Å². The van der Waals surface area contributed by atoms with Crippen LogP contribution in [0.3, 0.4) is 0 Å². The second-order valence-corrected chi connectivity index (χ2v) is 6.12. The number of pyridine rings is 1. The fraction of sp³-hybridized carbons (Fsp3) is 0.357. The van der Waals surface area contributed by atoms with E-state index in [0.717, 1.165) is 26.1 Å². The number of hydrogen-bond donors (Lipinski definition) is 3. The standard InChI is InChI=1S/C14H17N5O2S/c1-19(2)9-3-4-15-14-10(9)11-12(22-14)13(18-7-17-11)16-5-8(21)6-20/h3-4,7-8,20-21H,5-6H2,1-2H3,(H,16,17,18)/t8-/m1/s1. The number of aliphatic hydroxyl groups excluding tert-OH is 2. The van der Waals surface area contributed by atoms with Gasteiger partial charge in [-0.3, -0.25) is 0 Å². The summed E-state index contributed by atoms with van der Waals surface area (Å²) in [5.41, 5.74) is 1.89. The second-order valence-electron chi connectivity index (χ2n) is 5.12. The molecule has 3 rings (SSSR count). The topological polar surface area (TPSA) is 94.4 Å². The molecule has 0 unspecified atom stereocenters. The molecule has 0 aliphatic rings. The molecule has 3 aromatic rings. The largest absolute Gasteiger partial charge is 0.394 e. The zero-order valence-corrected chi connectivity index (χ0v) is 13.1. The lowest BCUT2D eigenvalue weighted by atomic mass is 10.2. The molecule has 3 aromatic heterocycles. The molecule has 0 radical (unpaired) electrons. The van der Waals surface area contributed by atoms with Gasteiger partial charge in [0.2, 0.25) is 0 Å². The minimum Gasteiger partial charge on any atom is -0.394 e. The normalized spacial score (nSPS) is 12.7. The minimum atomic E-state index is -0.824. The molecule has 0 bridgehead atoms. The highest BCUT2D eigenvalue weighted by Gasteiger charge is 2.16. The van der Waals surface area contributed by atoms with Gasteiger partial charge < -0.3 is 20.4 Å².